The third kappa shape index (κ3) is 5.19. The number of carbonyl (C=O) groups excluding carboxylic acids is 1. The molecule has 1 rings (SSSR count). The van der Waals surface area contributed by atoms with Gasteiger partial charge < -0.3 is 35.1 Å². The molecule has 1 fully saturated rings. The molecule has 0 bridgehead atoms. The van der Waals surface area contributed by atoms with Gasteiger partial charge >= 0.3 is 6.09 Å². The van der Waals surface area contributed by atoms with Crippen LogP contribution in [-0.2, 0) is 14.2 Å². The number of aliphatic hydroxyl groups is 2. The molecular weight excluding hydrogens is 270 g/mol. The molecule has 0 aromatic carbocycles. The van der Waals surface area contributed by atoms with Gasteiger partial charge in [-0.05, 0) is 6.42 Å². The van der Waals surface area contributed by atoms with Gasteiger partial charge in [-0.25, -0.2) is 4.79 Å². The molecule has 4 atom stereocenters. The van der Waals surface area contributed by atoms with E-state index in [1.807, 2.05) is 0 Å². The Labute approximate surface area is 117 Å². The molecule has 1 aliphatic rings. The van der Waals surface area contributed by atoms with Crippen molar-refractivity contribution in [1.82, 2.24) is 4.90 Å². The number of aliphatic hydroxyl groups excluding tert-OH is 2. The first-order chi connectivity index (χ1) is 9.45. The van der Waals surface area contributed by atoms with E-state index in [-0.39, 0.29) is 32.8 Å². The van der Waals surface area contributed by atoms with Gasteiger partial charge in [0, 0.05) is 19.7 Å². The minimum absolute atomic E-state index is 0.0131. The second-order valence-corrected chi connectivity index (χ2v) is 4.60. The van der Waals surface area contributed by atoms with Crippen LogP contribution in [0.15, 0.2) is 0 Å². The van der Waals surface area contributed by atoms with Crippen molar-refractivity contribution in [2.24, 2.45) is 11.5 Å². The Kier molecular flexibility index (Phi) is 7.13. The molecule has 20 heavy (non-hydrogen) atoms. The summed E-state index contributed by atoms with van der Waals surface area (Å²) in [5, 5.41) is 18.7. The zero-order chi connectivity index (χ0) is 15.1. The lowest BCUT2D eigenvalue weighted by atomic mass is 9.97. The fraction of sp³-hybridized carbons (Fsp3) is 0.909. The highest BCUT2D eigenvalue weighted by Gasteiger charge is 2.36. The highest BCUT2D eigenvalue weighted by molar-refractivity contribution is 5.68. The summed E-state index contributed by atoms with van der Waals surface area (Å²) >= 11 is 0. The standard InChI is InChI=1S/C11H23N3O6/c1-18-2-3-19-11(17)14-5-8(12)9(15)4-7(14)6-20-10(13)16/h7-10,15-16H,2-6,12-13H2,1H3/t7-,8-,9-,10-/m0/s1. The Morgan fingerprint density at radius 2 is 2.20 bits per heavy atom. The maximum absolute atomic E-state index is 11.9. The molecule has 0 saturated carbocycles. The van der Waals surface area contributed by atoms with E-state index in [0.717, 1.165) is 0 Å². The molecule has 9 nitrogen and oxygen atoms in total. The summed E-state index contributed by atoms with van der Waals surface area (Å²) < 4.78 is 14.7. The monoisotopic (exact) mass is 293 g/mol. The average Bonchev–Trinajstić information content (AvgIpc) is 2.39. The minimum Gasteiger partial charge on any atom is -0.447 e. The lowest BCUT2D eigenvalue weighted by molar-refractivity contribution is -0.117. The molecule has 118 valence electrons. The molecule has 1 heterocycles. The number of amides is 1. The number of nitrogens with two attached hydrogens (primary N) is 2. The van der Waals surface area contributed by atoms with Crippen molar-refractivity contribution in [3.05, 3.63) is 0 Å². The SMILES string of the molecule is COCCOC(=O)N1C[C@H](N)[C@@H](O)C[C@H]1CO[C@@H](N)O. The normalized spacial score (nSPS) is 28.2. The van der Waals surface area contributed by atoms with Gasteiger partial charge in [0.25, 0.3) is 0 Å². The predicted octanol–water partition coefficient (Wildman–Crippen LogP) is -2.22. The number of carbonyl (C=O) groups is 1. The van der Waals surface area contributed by atoms with Crippen LogP contribution in [0.2, 0.25) is 0 Å². The van der Waals surface area contributed by atoms with Gasteiger partial charge in [0.15, 0.2) is 0 Å². The zero-order valence-corrected chi connectivity index (χ0v) is 11.5. The van der Waals surface area contributed by atoms with Crippen LogP contribution in [0.4, 0.5) is 4.79 Å². The molecule has 0 aromatic heterocycles. The van der Waals surface area contributed by atoms with Crippen molar-refractivity contribution in [3.8, 4) is 0 Å². The van der Waals surface area contributed by atoms with Crippen molar-refractivity contribution in [3.63, 3.8) is 0 Å². The van der Waals surface area contributed by atoms with Gasteiger partial charge in [-0.2, -0.15) is 0 Å². The van der Waals surface area contributed by atoms with E-state index < -0.39 is 30.7 Å². The molecule has 1 amide bonds. The molecule has 0 unspecified atom stereocenters. The number of piperidine rings is 1. The molecule has 6 N–H and O–H groups in total. The predicted molar refractivity (Wildman–Crippen MR) is 68.5 cm³/mol. The molecule has 1 saturated heterocycles. The Morgan fingerprint density at radius 1 is 1.50 bits per heavy atom. The lowest BCUT2D eigenvalue weighted by Crippen LogP contribution is -2.59. The number of rotatable bonds is 6. The van der Waals surface area contributed by atoms with E-state index in [1.165, 1.54) is 12.0 Å². The second-order valence-electron chi connectivity index (χ2n) is 4.60. The highest BCUT2D eigenvalue weighted by Crippen LogP contribution is 2.18. The molecular formula is C11H23N3O6. The first-order valence-corrected chi connectivity index (χ1v) is 6.37. The third-order valence-electron chi connectivity index (χ3n) is 3.06. The number of ether oxygens (including phenoxy) is 3. The van der Waals surface area contributed by atoms with Crippen molar-refractivity contribution in [2.45, 2.75) is 31.0 Å². The second kappa shape index (κ2) is 8.35. The fourth-order valence-corrected chi connectivity index (χ4v) is 1.97. The Hall–Kier alpha value is -0.970. The van der Waals surface area contributed by atoms with Crippen molar-refractivity contribution in [1.29, 1.82) is 0 Å². The Morgan fingerprint density at radius 3 is 2.80 bits per heavy atom. The van der Waals surface area contributed by atoms with E-state index in [2.05, 4.69) is 0 Å². The van der Waals surface area contributed by atoms with Gasteiger partial charge in [0.1, 0.15) is 6.61 Å². The summed E-state index contributed by atoms with van der Waals surface area (Å²) in [6.07, 6.45) is -2.52. The van der Waals surface area contributed by atoms with Crippen molar-refractivity contribution < 1.29 is 29.2 Å². The molecule has 1 aliphatic heterocycles. The third-order valence-corrected chi connectivity index (χ3v) is 3.06. The quantitative estimate of drug-likeness (QED) is 0.319. The maximum atomic E-state index is 11.9. The van der Waals surface area contributed by atoms with E-state index in [4.69, 9.17) is 30.8 Å². The summed E-state index contributed by atoms with van der Waals surface area (Å²) in [5.41, 5.74) is 10.8. The lowest BCUT2D eigenvalue weighted by Gasteiger charge is -2.40. The van der Waals surface area contributed by atoms with Gasteiger partial charge in [-0.15, -0.1) is 0 Å². The van der Waals surface area contributed by atoms with E-state index in [9.17, 15) is 9.90 Å². The summed E-state index contributed by atoms with van der Waals surface area (Å²) in [6.45, 7) is 0.538. The van der Waals surface area contributed by atoms with Gasteiger partial charge in [-0.1, -0.05) is 0 Å². The number of likely N-dealkylation sites (tertiary alicyclic amines) is 1. The van der Waals surface area contributed by atoms with Crippen LogP contribution >= 0.6 is 0 Å². The van der Waals surface area contributed by atoms with Crippen molar-refractivity contribution >= 4 is 6.09 Å². The van der Waals surface area contributed by atoms with Crippen LogP contribution in [-0.4, -0.2) is 79.3 Å². The van der Waals surface area contributed by atoms with Crippen LogP contribution in [0, 0.1) is 0 Å². The zero-order valence-electron chi connectivity index (χ0n) is 11.5. The largest absolute Gasteiger partial charge is 0.447 e. The minimum atomic E-state index is -1.44. The fourth-order valence-electron chi connectivity index (χ4n) is 1.97. The van der Waals surface area contributed by atoms with E-state index in [1.54, 1.807) is 0 Å². The summed E-state index contributed by atoms with van der Waals surface area (Å²) in [7, 11) is 1.50. The first kappa shape index (κ1) is 17.1. The smallest absolute Gasteiger partial charge is 0.410 e. The number of hydrogen-bond acceptors (Lipinski definition) is 8. The topological polar surface area (TPSA) is 140 Å². The van der Waals surface area contributed by atoms with Crippen LogP contribution in [0.25, 0.3) is 0 Å². The Bertz CT molecular complexity index is 304. The van der Waals surface area contributed by atoms with E-state index in [0.29, 0.717) is 0 Å². The first-order valence-electron chi connectivity index (χ1n) is 6.37. The molecule has 0 aromatic rings. The summed E-state index contributed by atoms with van der Waals surface area (Å²) in [5.74, 6) is 0. The van der Waals surface area contributed by atoms with Crippen LogP contribution in [0.3, 0.4) is 0 Å². The van der Waals surface area contributed by atoms with E-state index >= 15 is 0 Å². The Balaban J connectivity index is 2.58. The van der Waals surface area contributed by atoms with Crippen LogP contribution in [0.5, 0.6) is 0 Å². The van der Waals surface area contributed by atoms with Gasteiger partial charge in [-0.3, -0.25) is 5.73 Å². The molecule has 0 radical (unpaired) electrons. The highest BCUT2D eigenvalue weighted by atomic mass is 16.6. The van der Waals surface area contributed by atoms with Crippen LogP contribution in [0.1, 0.15) is 6.42 Å². The summed E-state index contributed by atoms with van der Waals surface area (Å²) in [4.78, 5) is 13.3. The maximum Gasteiger partial charge on any atom is 0.410 e. The molecule has 0 spiro atoms. The number of methoxy groups -OCH3 is 1. The average molecular weight is 293 g/mol. The molecule has 9 heteroatoms. The molecule has 0 aliphatic carbocycles. The number of nitrogens with zero attached hydrogens (tertiary/aromatic N) is 1. The number of hydrogen-bond donors (Lipinski definition) is 4. The van der Waals surface area contributed by atoms with Gasteiger partial charge in [0.2, 0.25) is 6.41 Å². The van der Waals surface area contributed by atoms with Crippen molar-refractivity contribution in [2.75, 3.05) is 33.5 Å². The van der Waals surface area contributed by atoms with Gasteiger partial charge in [0.05, 0.1) is 25.4 Å². The van der Waals surface area contributed by atoms with Crippen LogP contribution < -0.4 is 11.5 Å². The summed E-state index contributed by atoms with van der Waals surface area (Å²) in [6, 6.07) is -1.01.